The molecule has 1 aliphatic rings. The highest BCUT2D eigenvalue weighted by molar-refractivity contribution is 7.89. The van der Waals surface area contributed by atoms with Gasteiger partial charge in [-0.3, -0.25) is 4.79 Å². The first kappa shape index (κ1) is 24.7. The van der Waals surface area contributed by atoms with Crippen LogP contribution in [0.4, 0.5) is 4.39 Å². The summed E-state index contributed by atoms with van der Waals surface area (Å²) in [7, 11) is -4.01. The summed E-state index contributed by atoms with van der Waals surface area (Å²) in [5.74, 6) is -0.980. The molecule has 178 valence electrons. The van der Waals surface area contributed by atoms with Gasteiger partial charge in [0.25, 0.3) is 5.91 Å². The second-order valence-corrected chi connectivity index (χ2v) is 9.61. The largest absolute Gasteiger partial charge is 0.504 e. The molecule has 0 bridgehead atoms. The molecule has 10 heteroatoms. The fourth-order valence-electron chi connectivity index (χ4n) is 3.79. The van der Waals surface area contributed by atoms with E-state index in [2.05, 4.69) is 10.5 Å². The Morgan fingerprint density at radius 3 is 2.58 bits per heavy atom. The van der Waals surface area contributed by atoms with Crippen molar-refractivity contribution in [3.8, 4) is 11.5 Å². The van der Waals surface area contributed by atoms with E-state index in [-0.39, 0.29) is 16.7 Å². The van der Waals surface area contributed by atoms with E-state index in [1.165, 1.54) is 22.7 Å². The molecule has 0 spiro atoms. The lowest BCUT2D eigenvalue weighted by Gasteiger charge is -2.32. The van der Waals surface area contributed by atoms with Gasteiger partial charge in [0.15, 0.2) is 11.5 Å². The number of hydrogen-bond donors (Lipinski definition) is 2. The Balaban J connectivity index is 1.75. The van der Waals surface area contributed by atoms with E-state index in [9.17, 15) is 22.7 Å². The quantitative estimate of drug-likeness (QED) is 0.425. The number of nitrogens with one attached hydrogen (secondary N) is 1. The van der Waals surface area contributed by atoms with Crippen LogP contribution in [0.15, 0.2) is 52.5 Å². The number of aromatic hydroxyl groups is 1. The maximum Gasteiger partial charge on any atom is 0.255 e. The molecule has 1 amide bonds. The molecule has 3 rings (SSSR count). The second-order valence-electron chi connectivity index (χ2n) is 7.72. The van der Waals surface area contributed by atoms with Crippen molar-refractivity contribution in [1.82, 2.24) is 9.73 Å². The summed E-state index contributed by atoms with van der Waals surface area (Å²) >= 11 is 0. The Labute approximate surface area is 193 Å². The lowest BCUT2D eigenvalue weighted by atomic mass is 9.95. The fraction of sp³-hybridized carbons (Fsp3) is 0.391. The summed E-state index contributed by atoms with van der Waals surface area (Å²) in [5.41, 5.74) is 2.66. The van der Waals surface area contributed by atoms with Crippen LogP contribution >= 0.6 is 0 Å². The molecule has 2 aromatic carbocycles. The van der Waals surface area contributed by atoms with Crippen LogP contribution in [0.5, 0.6) is 11.5 Å². The smallest absolute Gasteiger partial charge is 0.255 e. The minimum Gasteiger partial charge on any atom is -0.504 e. The number of phenolic OH excluding ortho intramolecular Hbond substituents is 1. The Kier molecular flexibility index (Phi) is 8.40. The van der Waals surface area contributed by atoms with E-state index in [4.69, 9.17) is 4.74 Å². The van der Waals surface area contributed by atoms with Crippen molar-refractivity contribution in [2.75, 3.05) is 13.2 Å². The number of halogens is 1. The number of carbonyl (C=O) groups is 1. The number of hydrazone groups is 1. The van der Waals surface area contributed by atoms with Crippen molar-refractivity contribution in [2.24, 2.45) is 5.10 Å². The lowest BCUT2D eigenvalue weighted by molar-refractivity contribution is -0.121. The molecule has 0 heterocycles. The molecule has 1 aliphatic carbocycles. The predicted octanol–water partition coefficient (Wildman–Crippen LogP) is 3.40. The summed E-state index contributed by atoms with van der Waals surface area (Å²) in [6.45, 7) is 1.75. The minimum absolute atomic E-state index is 0.0663. The van der Waals surface area contributed by atoms with Crippen LogP contribution in [0.25, 0.3) is 0 Å². The van der Waals surface area contributed by atoms with Crippen molar-refractivity contribution in [1.29, 1.82) is 0 Å². The third-order valence-electron chi connectivity index (χ3n) is 5.42. The van der Waals surface area contributed by atoms with Gasteiger partial charge in [0, 0.05) is 11.6 Å². The van der Waals surface area contributed by atoms with Gasteiger partial charge in [-0.25, -0.2) is 18.2 Å². The summed E-state index contributed by atoms with van der Waals surface area (Å²) < 4.78 is 46.3. The van der Waals surface area contributed by atoms with Gasteiger partial charge in [0.05, 0.1) is 24.3 Å². The normalized spacial score (nSPS) is 15.1. The highest BCUT2D eigenvalue weighted by Gasteiger charge is 2.34. The summed E-state index contributed by atoms with van der Waals surface area (Å²) in [4.78, 5) is 12.5. The monoisotopic (exact) mass is 477 g/mol. The van der Waals surface area contributed by atoms with Crippen LogP contribution in [0.1, 0.15) is 44.6 Å². The van der Waals surface area contributed by atoms with Crippen LogP contribution in [-0.4, -0.2) is 49.1 Å². The van der Waals surface area contributed by atoms with E-state index in [0.717, 1.165) is 31.4 Å². The fourth-order valence-corrected chi connectivity index (χ4v) is 5.43. The zero-order valence-electron chi connectivity index (χ0n) is 18.4. The molecule has 2 aromatic rings. The summed E-state index contributed by atoms with van der Waals surface area (Å²) in [6, 6.07) is 9.12. The number of para-hydroxylation sites is 1. The SMILES string of the molecule is CCOc1cccc(/C=N\NC(=O)CN(C2CCCCC2)S(=O)(=O)c2ccc(F)cc2)c1O. The number of rotatable bonds is 9. The van der Waals surface area contributed by atoms with Crippen molar-refractivity contribution in [3.63, 3.8) is 0 Å². The van der Waals surface area contributed by atoms with E-state index >= 15 is 0 Å². The molecule has 33 heavy (non-hydrogen) atoms. The topological polar surface area (TPSA) is 108 Å². The Hall–Kier alpha value is -2.98. The first-order valence-electron chi connectivity index (χ1n) is 10.9. The van der Waals surface area contributed by atoms with Gasteiger partial charge >= 0.3 is 0 Å². The number of nitrogens with zero attached hydrogens (tertiary/aromatic N) is 2. The number of phenols is 1. The van der Waals surface area contributed by atoms with Crippen molar-refractivity contribution in [3.05, 3.63) is 53.8 Å². The lowest BCUT2D eigenvalue weighted by Crippen LogP contribution is -2.46. The highest BCUT2D eigenvalue weighted by atomic mass is 32.2. The van der Waals surface area contributed by atoms with E-state index in [1.807, 2.05) is 0 Å². The van der Waals surface area contributed by atoms with Gasteiger partial charge < -0.3 is 9.84 Å². The maximum atomic E-state index is 13.3. The second kappa shape index (κ2) is 11.2. The number of benzene rings is 2. The average Bonchev–Trinajstić information content (AvgIpc) is 2.81. The first-order chi connectivity index (χ1) is 15.8. The minimum atomic E-state index is -4.01. The molecule has 0 atom stereocenters. The maximum absolute atomic E-state index is 13.3. The molecule has 0 radical (unpaired) electrons. The van der Waals surface area contributed by atoms with Gasteiger partial charge in [0.2, 0.25) is 10.0 Å². The average molecular weight is 478 g/mol. The van der Waals surface area contributed by atoms with Crippen LogP contribution < -0.4 is 10.2 Å². The van der Waals surface area contributed by atoms with E-state index in [1.54, 1.807) is 25.1 Å². The van der Waals surface area contributed by atoms with Crippen LogP contribution in [0.3, 0.4) is 0 Å². The van der Waals surface area contributed by atoms with Crippen LogP contribution in [0.2, 0.25) is 0 Å². The Morgan fingerprint density at radius 1 is 1.21 bits per heavy atom. The first-order valence-corrected chi connectivity index (χ1v) is 12.3. The standard InChI is InChI=1S/C23H28FN3O5S/c1-2-32-21-10-6-7-17(23(21)29)15-25-26-22(28)16-27(19-8-4-3-5-9-19)33(30,31)20-13-11-18(24)12-14-20/h6-7,10-15,19,29H,2-5,8-9,16H2,1H3,(H,26,28)/b25-15-. The van der Waals surface area contributed by atoms with Gasteiger partial charge in [-0.05, 0) is 56.2 Å². The Morgan fingerprint density at radius 2 is 1.91 bits per heavy atom. The number of hydrogen-bond acceptors (Lipinski definition) is 6. The third-order valence-corrected chi connectivity index (χ3v) is 7.34. The number of amides is 1. The Bertz CT molecular complexity index is 1080. The zero-order valence-corrected chi connectivity index (χ0v) is 19.2. The molecule has 1 fully saturated rings. The van der Waals surface area contributed by atoms with Crippen LogP contribution in [0, 0.1) is 5.82 Å². The predicted molar refractivity (Wildman–Crippen MR) is 122 cm³/mol. The molecule has 0 aromatic heterocycles. The van der Waals surface area contributed by atoms with Crippen molar-refractivity contribution < 1.29 is 27.4 Å². The van der Waals surface area contributed by atoms with Gasteiger partial charge in [-0.15, -0.1) is 0 Å². The third kappa shape index (κ3) is 6.29. The zero-order chi connectivity index (χ0) is 23.8. The van der Waals surface area contributed by atoms with E-state index in [0.29, 0.717) is 30.8 Å². The number of carbonyl (C=O) groups excluding carboxylic acids is 1. The molecule has 8 nitrogen and oxygen atoms in total. The van der Waals surface area contributed by atoms with E-state index < -0.39 is 28.3 Å². The molecular weight excluding hydrogens is 449 g/mol. The van der Waals surface area contributed by atoms with Gasteiger partial charge in [-0.1, -0.05) is 25.3 Å². The molecule has 0 saturated heterocycles. The van der Waals surface area contributed by atoms with Gasteiger partial charge in [-0.2, -0.15) is 9.41 Å². The van der Waals surface area contributed by atoms with Gasteiger partial charge in [0.1, 0.15) is 5.82 Å². The number of ether oxygens (including phenoxy) is 1. The summed E-state index contributed by atoms with van der Waals surface area (Å²) in [6.07, 6.45) is 5.31. The number of sulfonamides is 1. The van der Waals surface area contributed by atoms with Crippen molar-refractivity contribution >= 4 is 22.1 Å². The molecule has 2 N–H and O–H groups in total. The molecular formula is C23H28FN3O5S. The molecule has 0 aliphatic heterocycles. The highest BCUT2D eigenvalue weighted by Crippen LogP contribution is 2.29. The summed E-state index contributed by atoms with van der Waals surface area (Å²) in [5, 5.41) is 14.1. The van der Waals surface area contributed by atoms with Crippen LogP contribution in [-0.2, 0) is 14.8 Å². The van der Waals surface area contributed by atoms with Crippen molar-refractivity contribution in [2.45, 2.75) is 50.0 Å². The molecule has 1 saturated carbocycles. The molecule has 0 unspecified atom stereocenters.